The number of rotatable bonds is 12. The van der Waals surface area contributed by atoms with Crippen LogP contribution >= 0.6 is 11.8 Å². The van der Waals surface area contributed by atoms with E-state index in [-0.39, 0.29) is 12.0 Å². The van der Waals surface area contributed by atoms with Crippen molar-refractivity contribution in [2.24, 2.45) is 17.8 Å². The van der Waals surface area contributed by atoms with E-state index in [1.54, 1.807) is 5.57 Å². The molecule has 2 aliphatic rings. The second-order valence-electron chi connectivity index (χ2n) is 10.7. The summed E-state index contributed by atoms with van der Waals surface area (Å²) in [6.07, 6.45) is 9.46. The number of allylic oxidation sites excluding steroid dienone is 2. The molecule has 0 unspecified atom stereocenters. The summed E-state index contributed by atoms with van der Waals surface area (Å²) in [5.74, 6) is 3.54. The highest BCUT2D eigenvalue weighted by molar-refractivity contribution is 7.99. The minimum atomic E-state index is -0.500. The van der Waals surface area contributed by atoms with Crippen LogP contribution in [0.3, 0.4) is 0 Å². The van der Waals surface area contributed by atoms with E-state index in [4.69, 9.17) is 0 Å². The van der Waals surface area contributed by atoms with E-state index in [2.05, 4.69) is 81.6 Å². The lowest BCUT2D eigenvalue weighted by Crippen LogP contribution is -2.38. The van der Waals surface area contributed by atoms with Gasteiger partial charge in [-0.05, 0) is 77.0 Å². The van der Waals surface area contributed by atoms with E-state index in [9.17, 15) is 10.2 Å². The second kappa shape index (κ2) is 12.6. The summed E-state index contributed by atoms with van der Waals surface area (Å²) < 4.78 is 0. The molecule has 1 fully saturated rings. The number of thioether (sulfide) groups is 1. The molecule has 5 atom stereocenters. The van der Waals surface area contributed by atoms with Crippen LogP contribution in [-0.4, -0.2) is 57.5 Å². The molecule has 2 aliphatic carbocycles. The van der Waals surface area contributed by atoms with E-state index in [1.807, 2.05) is 12.1 Å². The lowest BCUT2D eigenvalue weighted by molar-refractivity contribution is 0.140. The predicted octanol–water partition coefficient (Wildman–Crippen LogP) is 5.64. The fourth-order valence-corrected chi connectivity index (χ4v) is 6.73. The van der Waals surface area contributed by atoms with E-state index in [0.717, 1.165) is 24.9 Å². The number of aryl methyl sites for hydroxylation is 1. The van der Waals surface area contributed by atoms with Crippen LogP contribution < -0.4 is 0 Å². The van der Waals surface area contributed by atoms with Gasteiger partial charge in [-0.15, -0.1) is 0 Å². The summed E-state index contributed by atoms with van der Waals surface area (Å²) in [4.78, 5) is 2.57. The Morgan fingerprint density at radius 3 is 2.61 bits per heavy atom. The van der Waals surface area contributed by atoms with Crippen LogP contribution in [0.1, 0.15) is 58.1 Å². The molecule has 3 nitrogen and oxygen atoms in total. The van der Waals surface area contributed by atoms with Gasteiger partial charge in [0.25, 0.3) is 0 Å². The summed E-state index contributed by atoms with van der Waals surface area (Å²) in [6, 6.07) is 9.53. The van der Waals surface area contributed by atoms with Gasteiger partial charge in [-0.25, -0.2) is 0 Å². The van der Waals surface area contributed by atoms with Crippen molar-refractivity contribution in [3.8, 4) is 0 Å². The molecule has 1 aromatic carbocycles. The number of aliphatic hydroxyl groups is 2. The Kier molecular flexibility index (Phi) is 10.1. The Labute approximate surface area is 206 Å². The van der Waals surface area contributed by atoms with Crippen molar-refractivity contribution in [1.82, 2.24) is 4.90 Å². The SMILES string of the molecule is Cc1cccc(C[C@H](O)/C=C/[C@@H]2[C@H]3CC(CCSCCN(C(C)C)C(C)C)=C[C@H]3C[C@H]2O)c1. The smallest absolute Gasteiger partial charge is 0.0761 e. The standard InChI is InChI=1S/C29H45NO2S/c1-20(2)30(21(3)4)12-14-33-13-11-24-16-25-19-29(32)27(28(25)18-24)10-9-26(31)17-23-8-6-7-22(5)15-23/h6-10,15-16,20-21,25-29,31-32H,11-14,17-19H2,1-5H3/b10-9+/t25-,26+,27+,28-,29+/m0/s1. The summed E-state index contributed by atoms with van der Waals surface area (Å²) in [5.41, 5.74) is 3.95. The monoisotopic (exact) mass is 471 g/mol. The third-order valence-corrected chi connectivity index (χ3v) is 8.38. The van der Waals surface area contributed by atoms with Crippen molar-refractivity contribution >= 4 is 11.8 Å². The highest BCUT2D eigenvalue weighted by Gasteiger charge is 2.43. The Balaban J connectivity index is 1.43. The Bertz CT molecular complexity index is 795. The van der Waals surface area contributed by atoms with Crippen LogP contribution in [0.4, 0.5) is 0 Å². The van der Waals surface area contributed by atoms with Crippen molar-refractivity contribution in [3.05, 3.63) is 59.2 Å². The molecule has 184 valence electrons. The average molecular weight is 472 g/mol. The van der Waals surface area contributed by atoms with Gasteiger partial charge in [-0.3, -0.25) is 4.90 Å². The van der Waals surface area contributed by atoms with Crippen LogP contribution in [0.5, 0.6) is 0 Å². The molecule has 1 aromatic rings. The molecule has 0 radical (unpaired) electrons. The first-order valence-corrected chi connectivity index (χ1v) is 14.0. The number of fused-ring (bicyclic) bond motifs is 1. The Morgan fingerprint density at radius 1 is 1.15 bits per heavy atom. The van der Waals surface area contributed by atoms with E-state index in [1.165, 1.54) is 23.5 Å². The number of aliphatic hydroxyl groups excluding tert-OH is 2. The van der Waals surface area contributed by atoms with Crippen molar-refractivity contribution in [1.29, 1.82) is 0 Å². The van der Waals surface area contributed by atoms with Crippen molar-refractivity contribution in [2.45, 2.75) is 84.6 Å². The van der Waals surface area contributed by atoms with Crippen LogP contribution in [0, 0.1) is 24.7 Å². The van der Waals surface area contributed by atoms with Crippen LogP contribution in [0.2, 0.25) is 0 Å². The molecule has 1 saturated carbocycles. The zero-order valence-corrected chi connectivity index (χ0v) is 22.1. The van der Waals surface area contributed by atoms with Gasteiger partial charge in [-0.2, -0.15) is 11.8 Å². The van der Waals surface area contributed by atoms with Crippen molar-refractivity contribution in [3.63, 3.8) is 0 Å². The molecule has 0 heterocycles. The summed E-state index contributed by atoms with van der Waals surface area (Å²) >= 11 is 2.07. The molecule has 0 spiro atoms. The first-order chi connectivity index (χ1) is 15.7. The fraction of sp³-hybridized carbons (Fsp3) is 0.655. The van der Waals surface area contributed by atoms with Gasteiger partial charge < -0.3 is 10.2 Å². The summed E-state index contributed by atoms with van der Waals surface area (Å²) in [6.45, 7) is 12.4. The molecule has 4 heteroatoms. The fourth-order valence-electron chi connectivity index (χ4n) is 5.78. The first-order valence-electron chi connectivity index (χ1n) is 12.9. The second-order valence-corrected chi connectivity index (χ2v) is 11.9. The van der Waals surface area contributed by atoms with E-state index >= 15 is 0 Å². The molecule has 2 N–H and O–H groups in total. The quantitative estimate of drug-likeness (QED) is 0.306. The molecule has 0 aromatic heterocycles. The minimum Gasteiger partial charge on any atom is -0.392 e. The average Bonchev–Trinajstić information content (AvgIpc) is 3.24. The topological polar surface area (TPSA) is 43.7 Å². The van der Waals surface area contributed by atoms with Crippen LogP contribution in [0.15, 0.2) is 48.1 Å². The first kappa shape index (κ1) is 26.5. The largest absolute Gasteiger partial charge is 0.392 e. The van der Waals surface area contributed by atoms with Gasteiger partial charge in [0.1, 0.15) is 0 Å². The van der Waals surface area contributed by atoms with Gasteiger partial charge in [-0.1, -0.05) is 53.6 Å². The maximum atomic E-state index is 10.6. The van der Waals surface area contributed by atoms with Gasteiger partial charge in [0.05, 0.1) is 12.2 Å². The molecular weight excluding hydrogens is 426 g/mol. The molecule has 0 saturated heterocycles. The predicted molar refractivity (Wildman–Crippen MR) is 143 cm³/mol. The maximum absolute atomic E-state index is 10.6. The normalized spacial score (nSPS) is 26.1. The summed E-state index contributed by atoms with van der Waals surface area (Å²) in [5, 5.41) is 21.2. The maximum Gasteiger partial charge on any atom is 0.0761 e. The van der Waals surface area contributed by atoms with E-state index < -0.39 is 6.10 Å². The van der Waals surface area contributed by atoms with Crippen molar-refractivity contribution in [2.75, 3.05) is 18.1 Å². The lowest BCUT2D eigenvalue weighted by atomic mass is 9.88. The van der Waals surface area contributed by atoms with Crippen LogP contribution in [0.25, 0.3) is 0 Å². The van der Waals surface area contributed by atoms with Crippen LogP contribution in [-0.2, 0) is 6.42 Å². The number of nitrogens with zero attached hydrogens (tertiary/aromatic N) is 1. The molecule has 33 heavy (non-hydrogen) atoms. The molecule has 0 bridgehead atoms. The van der Waals surface area contributed by atoms with E-state index in [0.29, 0.717) is 30.3 Å². The molecule has 3 rings (SSSR count). The number of hydrogen-bond donors (Lipinski definition) is 2. The number of hydrogen-bond acceptors (Lipinski definition) is 4. The van der Waals surface area contributed by atoms with Gasteiger partial charge in [0.2, 0.25) is 0 Å². The Morgan fingerprint density at radius 2 is 1.91 bits per heavy atom. The Hall–Kier alpha value is -1.07. The third kappa shape index (κ3) is 7.71. The number of benzene rings is 1. The third-order valence-electron chi connectivity index (χ3n) is 7.42. The lowest BCUT2D eigenvalue weighted by Gasteiger charge is -2.30. The molecule has 0 amide bonds. The van der Waals surface area contributed by atoms with Gasteiger partial charge >= 0.3 is 0 Å². The molecular formula is C29H45NO2S. The highest BCUT2D eigenvalue weighted by atomic mass is 32.2. The zero-order valence-electron chi connectivity index (χ0n) is 21.3. The highest BCUT2D eigenvalue weighted by Crippen LogP contribution is 2.48. The van der Waals surface area contributed by atoms with Gasteiger partial charge in [0, 0.05) is 36.7 Å². The zero-order chi connectivity index (χ0) is 24.0. The molecule has 0 aliphatic heterocycles. The van der Waals surface area contributed by atoms with Gasteiger partial charge in [0.15, 0.2) is 0 Å². The summed E-state index contributed by atoms with van der Waals surface area (Å²) in [7, 11) is 0. The van der Waals surface area contributed by atoms with Crippen molar-refractivity contribution < 1.29 is 10.2 Å². The minimum absolute atomic E-state index is 0.161.